The largest absolute Gasteiger partial charge is 0.363 e. The van der Waals surface area contributed by atoms with Crippen molar-refractivity contribution in [3.05, 3.63) is 12.3 Å². The van der Waals surface area contributed by atoms with Crippen LogP contribution in [0, 0.1) is 22.2 Å². The molecular formula is C16H22N2O2. The molecule has 0 aliphatic heterocycles. The summed E-state index contributed by atoms with van der Waals surface area (Å²) in [5.41, 5.74) is 0.534. The second kappa shape index (κ2) is 3.66. The lowest BCUT2D eigenvalue weighted by atomic mass is 9.40. The molecule has 1 heterocycles. The van der Waals surface area contributed by atoms with Crippen molar-refractivity contribution < 1.29 is 9.32 Å². The standard InChI is InChI=1S/C16H22N2O2/c1-14-5-11-6-15(2,8-14)10-16(7-11,9-14)13(19)17-12-3-4-20-18-12/h3-4,11H,5-10H2,1-2H3,(H,17,18,19). The van der Waals surface area contributed by atoms with Crippen molar-refractivity contribution >= 4 is 11.7 Å². The summed E-state index contributed by atoms with van der Waals surface area (Å²) in [5, 5.41) is 6.78. The zero-order valence-electron chi connectivity index (χ0n) is 12.2. The monoisotopic (exact) mass is 274 g/mol. The summed E-state index contributed by atoms with van der Waals surface area (Å²) >= 11 is 0. The Kier molecular flexibility index (Phi) is 2.27. The second-order valence-electron chi connectivity index (χ2n) is 8.25. The summed E-state index contributed by atoms with van der Waals surface area (Å²) in [5.74, 6) is 1.43. The molecule has 1 aromatic rings. The Morgan fingerprint density at radius 1 is 1.25 bits per heavy atom. The summed E-state index contributed by atoms with van der Waals surface area (Å²) in [4.78, 5) is 12.9. The number of anilines is 1. The maximum Gasteiger partial charge on any atom is 0.231 e. The van der Waals surface area contributed by atoms with Crippen LogP contribution in [-0.2, 0) is 4.79 Å². The predicted octanol–water partition coefficient (Wildman–Crippen LogP) is 3.61. The van der Waals surface area contributed by atoms with E-state index < -0.39 is 0 Å². The summed E-state index contributed by atoms with van der Waals surface area (Å²) in [6.07, 6.45) is 8.53. The molecule has 0 saturated heterocycles. The normalized spacial score (nSPS) is 45.6. The van der Waals surface area contributed by atoms with Crippen LogP contribution in [0.15, 0.2) is 16.9 Å². The molecule has 4 nitrogen and oxygen atoms in total. The maximum atomic E-state index is 12.9. The smallest absolute Gasteiger partial charge is 0.231 e. The van der Waals surface area contributed by atoms with Gasteiger partial charge in [-0.25, -0.2) is 0 Å². The van der Waals surface area contributed by atoms with E-state index in [-0.39, 0.29) is 11.3 Å². The summed E-state index contributed by atoms with van der Waals surface area (Å²) in [6.45, 7) is 4.77. The number of nitrogens with zero attached hydrogens (tertiary/aromatic N) is 1. The number of rotatable bonds is 2. The zero-order chi connectivity index (χ0) is 14.0. The molecule has 1 N–H and O–H groups in total. The number of aromatic nitrogens is 1. The Labute approximate surface area is 119 Å². The number of hydrogen-bond donors (Lipinski definition) is 1. The van der Waals surface area contributed by atoms with Crippen LogP contribution >= 0.6 is 0 Å². The fourth-order valence-electron chi connectivity index (χ4n) is 6.23. The average Bonchev–Trinajstić information content (AvgIpc) is 2.76. The molecule has 1 aromatic heterocycles. The van der Waals surface area contributed by atoms with Gasteiger partial charge in [-0.2, -0.15) is 0 Å². The van der Waals surface area contributed by atoms with Crippen molar-refractivity contribution in [2.24, 2.45) is 22.2 Å². The molecule has 108 valence electrons. The summed E-state index contributed by atoms with van der Waals surface area (Å²) in [7, 11) is 0. The van der Waals surface area contributed by atoms with Gasteiger partial charge in [0.25, 0.3) is 0 Å². The van der Waals surface area contributed by atoms with Crippen LogP contribution in [0.25, 0.3) is 0 Å². The van der Waals surface area contributed by atoms with Gasteiger partial charge in [0.05, 0.1) is 5.41 Å². The number of nitrogens with one attached hydrogen (secondary N) is 1. The number of amides is 1. The third-order valence-electron chi connectivity index (χ3n) is 5.79. The van der Waals surface area contributed by atoms with E-state index >= 15 is 0 Å². The van der Waals surface area contributed by atoms with Crippen molar-refractivity contribution in [3.8, 4) is 0 Å². The molecule has 0 aromatic carbocycles. The molecule has 4 saturated carbocycles. The molecule has 4 bridgehead atoms. The van der Waals surface area contributed by atoms with Gasteiger partial charge >= 0.3 is 0 Å². The van der Waals surface area contributed by atoms with Crippen LogP contribution in [0.2, 0.25) is 0 Å². The third kappa shape index (κ3) is 1.73. The second-order valence-corrected chi connectivity index (χ2v) is 8.25. The zero-order valence-corrected chi connectivity index (χ0v) is 12.2. The molecule has 5 rings (SSSR count). The summed E-state index contributed by atoms with van der Waals surface area (Å²) < 4.78 is 4.81. The van der Waals surface area contributed by atoms with Crippen LogP contribution in [0.4, 0.5) is 5.82 Å². The minimum atomic E-state index is -0.179. The van der Waals surface area contributed by atoms with Crippen LogP contribution in [0.3, 0.4) is 0 Å². The van der Waals surface area contributed by atoms with E-state index in [1.54, 1.807) is 6.07 Å². The Morgan fingerprint density at radius 3 is 2.50 bits per heavy atom. The third-order valence-corrected chi connectivity index (χ3v) is 5.79. The van der Waals surface area contributed by atoms with E-state index in [9.17, 15) is 4.79 Å². The lowest BCUT2D eigenvalue weighted by molar-refractivity contribution is -0.165. The van der Waals surface area contributed by atoms with Gasteiger partial charge in [0.2, 0.25) is 5.91 Å². The highest BCUT2D eigenvalue weighted by atomic mass is 16.5. The van der Waals surface area contributed by atoms with E-state index in [4.69, 9.17) is 4.52 Å². The van der Waals surface area contributed by atoms with Crippen molar-refractivity contribution in [2.75, 3.05) is 5.32 Å². The molecule has 0 radical (unpaired) electrons. The first kappa shape index (κ1) is 12.4. The number of hydrogen-bond acceptors (Lipinski definition) is 3. The van der Waals surface area contributed by atoms with Crippen molar-refractivity contribution in [1.82, 2.24) is 5.16 Å². The molecule has 0 spiro atoms. The highest BCUT2D eigenvalue weighted by Crippen LogP contribution is 2.69. The SMILES string of the molecule is CC12CC3CC(C)(C1)CC(C(=O)Nc1ccon1)(C3)C2. The highest BCUT2D eigenvalue weighted by Gasteiger charge is 2.62. The Hall–Kier alpha value is -1.32. The van der Waals surface area contributed by atoms with Crippen LogP contribution < -0.4 is 5.32 Å². The van der Waals surface area contributed by atoms with Gasteiger partial charge in [0, 0.05) is 6.07 Å². The molecule has 4 aliphatic rings. The first-order valence-corrected chi connectivity index (χ1v) is 7.62. The van der Waals surface area contributed by atoms with Gasteiger partial charge in [-0.15, -0.1) is 0 Å². The highest BCUT2D eigenvalue weighted by molar-refractivity contribution is 5.95. The lowest BCUT2D eigenvalue weighted by Crippen LogP contribution is -2.58. The van der Waals surface area contributed by atoms with Gasteiger partial charge in [-0.1, -0.05) is 19.0 Å². The molecule has 4 heteroatoms. The molecule has 1 amide bonds. The van der Waals surface area contributed by atoms with Crippen molar-refractivity contribution in [3.63, 3.8) is 0 Å². The molecule has 2 unspecified atom stereocenters. The van der Waals surface area contributed by atoms with E-state index in [1.165, 1.54) is 25.5 Å². The fraction of sp³-hybridized carbons (Fsp3) is 0.750. The lowest BCUT2D eigenvalue weighted by Gasteiger charge is -2.64. The van der Waals surface area contributed by atoms with E-state index in [1.807, 2.05) is 0 Å². The Morgan fingerprint density at radius 2 is 1.95 bits per heavy atom. The van der Waals surface area contributed by atoms with Crippen LogP contribution in [0.5, 0.6) is 0 Å². The van der Waals surface area contributed by atoms with Crippen molar-refractivity contribution in [1.29, 1.82) is 0 Å². The van der Waals surface area contributed by atoms with E-state index in [0.717, 1.165) is 25.2 Å². The fourth-order valence-corrected chi connectivity index (χ4v) is 6.23. The quantitative estimate of drug-likeness (QED) is 0.896. The first-order chi connectivity index (χ1) is 9.41. The van der Waals surface area contributed by atoms with Crippen LogP contribution in [-0.4, -0.2) is 11.1 Å². The average molecular weight is 274 g/mol. The molecule has 4 fully saturated rings. The maximum absolute atomic E-state index is 12.9. The number of carbonyl (C=O) groups is 1. The minimum Gasteiger partial charge on any atom is -0.363 e. The van der Waals surface area contributed by atoms with Gasteiger partial charge in [-0.3, -0.25) is 4.79 Å². The topological polar surface area (TPSA) is 55.1 Å². The van der Waals surface area contributed by atoms with Crippen molar-refractivity contribution in [2.45, 2.75) is 52.4 Å². The van der Waals surface area contributed by atoms with Gasteiger partial charge < -0.3 is 9.84 Å². The minimum absolute atomic E-state index is 0.160. The molecule has 4 aliphatic carbocycles. The number of carbonyl (C=O) groups excluding carboxylic acids is 1. The molecule has 20 heavy (non-hydrogen) atoms. The van der Waals surface area contributed by atoms with E-state index in [2.05, 4.69) is 24.3 Å². The first-order valence-electron chi connectivity index (χ1n) is 7.62. The predicted molar refractivity (Wildman–Crippen MR) is 75.0 cm³/mol. The summed E-state index contributed by atoms with van der Waals surface area (Å²) in [6, 6.07) is 1.71. The molecule has 2 atom stereocenters. The van der Waals surface area contributed by atoms with Crippen LogP contribution in [0.1, 0.15) is 52.4 Å². The van der Waals surface area contributed by atoms with Gasteiger partial charge in [0.15, 0.2) is 5.82 Å². The van der Waals surface area contributed by atoms with Gasteiger partial charge in [0.1, 0.15) is 6.26 Å². The molecular weight excluding hydrogens is 252 g/mol. The van der Waals surface area contributed by atoms with Gasteiger partial charge in [-0.05, 0) is 55.3 Å². The van der Waals surface area contributed by atoms with E-state index in [0.29, 0.717) is 16.6 Å². The Balaban J connectivity index is 1.65. The Bertz CT molecular complexity index is 533.